The third-order valence-electron chi connectivity index (χ3n) is 4.11. The maximum atomic E-state index is 12.8. The quantitative estimate of drug-likeness (QED) is 0.711. The fourth-order valence-electron chi connectivity index (χ4n) is 2.70. The number of amides is 1. The second-order valence-electron chi connectivity index (χ2n) is 6.18. The number of hydrogen-bond donors (Lipinski definition) is 1. The lowest BCUT2D eigenvalue weighted by atomic mass is 10.1. The number of hydrogen-bond acceptors (Lipinski definition) is 5. The summed E-state index contributed by atoms with van der Waals surface area (Å²) in [6.07, 6.45) is 3.41. The summed E-state index contributed by atoms with van der Waals surface area (Å²) in [6, 6.07) is 11.5. The maximum absolute atomic E-state index is 12.8. The molecule has 3 aromatic rings. The summed E-state index contributed by atoms with van der Waals surface area (Å²) in [4.78, 5) is 12.8. The Morgan fingerprint density at radius 1 is 1.21 bits per heavy atom. The second kappa shape index (κ2) is 7.34. The monoisotopic (exact) mass is 398 g/mol. The van der Waals surface area contributed by atoms with E-state index in [2.05, 4.69) is 5.32 Å². The molecule has 144 valence electrons. The standard InChI is InChI=1S/C19H18N4O4S/c1-13-17(16(12-20)19(27-13)23-9-4-5-10-23)18(24)21-14-7-6-8-15(11-14)28(25,26)22(2)3/h4-11H,1-3H3,(H,21,24). The van der Waals surface area contributed by atoms with Gasteiger partial charge in [0.25, 0.3) is 5.91 Å². The summed E-state index contributed by atoms with van der Waals surface area (Å²) in [5.74, 6) is -0.0236. The zero-order valence-electron chi connectivity index (χ0n) is 15.5. The molecule has 2 aromatic heterocycles. The van der Waals surface area contributed by atoms with Crippen LogP contribution in [0.4, 0.5) is 5.69 Å². The van der Waals surface area contributed by atoms with Gasteiger partial charge in [-0.3, -0.25) is 9.36 Å². The van der Waals surface area contributed by atoms with Crippen LogP contribution in [0.1, 0.15) is 21.7 Å². The van der Waals surface area contributed by atoms with Crippen LogP contribution in [-0.2, 0) is 10.0 Å². The average Bonchev–Trinajstić information content (AvgIpc) is 3.28. The summed E-state index contributed by atoms with van der Waals surface area (Å²) in [6.45, 7) is 1.59. The number of nitriles is 1. The Hall–Kier alpha value is -3.35. The molecule has 3 rings (SSSR count). The van der Waals surface area contributed by atoms with E-state index in [1.165, 1.54) is 32.3 Å². The lowest BCUT2D eigenvalue weighted by molar-refractivity contribution is 0.102. The number of carbonyl (C=O) groups is 1. The highest BCUT2D eigenvalue weighted by molar-refractivity contribution is 7.89. The molecule has 1 aromatic carbocycles. The van der Waals surface area contributed by atoms with Gasteiger partial charge in [-0.25, -0.2) is 12.7 Å². The van der Waals surface area contributed by atoms with Crippen molar-refractivity contribution < 1.29 is 17.6 Å². The van der Waals surface area contributed by atoms with E-state index in [4.69, 9.17) is 4.42 Å². The molecule has 0 fully saturated rings. The smallest absolute Gasteiger partial charge is 0.260 e. The van der Waals surface area contributed by atoms with E-state index in [9.17, 15) is 18.5 Å². The normalized spacial score (nSPS) is 11.4. The number of nitrogens with zero attached hydrogens (tertiary/aromatic N) is 3. The van der Waals surface area contributed by atoms with E-state index in [1.807, 2.05) is 6.07 Å². The Labute approximate surface area is 162 Å². The molecule has 0 aliphatic carbocycles. The van der Waals surface area contributed by atoms with E-state index in [0.717, 1.165) is 4.31 Å². The van der Waals surface area contributed by atoms with Crippen molar-refractivity contribution >= 4 is 21.6 Å². The molecule has 28 heavy (non-hydrogen) atoms. The molecule has 0 unspecified atom stereocenters. The van der Waals surface area contributed by atoms with E-state index in [-0.39, 0.29) is 27.7 Å². The van der Waals surface area contributed by atoms with Crippen molar-refractivity contribution in [3.63, 3.8) is 0 Å². The number of anilines is 1. The highest BCUT2D eigenvalue weighted by Crippen LogP contribution is 2.27. The van der Waals surface area contributed by atoms with Gasteiger partial charge in [-0.2, -0.15) is 5.26 Å². The summed E-state index contributed by atoms with van der Waals surface area (Å²) in [7, 11) is -0.783. The van der Waals surface area contributed by atoms with Gasteiger partial charge in [0.1, 0.15) is 23.0 Å². The number of carbonyl (C=O) groups excluding carboxylic acids is 1. The second-order valence-corrected chi connectivity index (χ2v) is 8.34. The minimum absolute atomic E-state index is 0.0488. The Morgan fingerprint density at radius 2 is 1.89 bits per heavy atom. The third kappa shape index (κ3) is 3.43. The van der Waals surface area contributed by atoms with Crippen molar-refractivity contribution in [3.8, 4) is 12.0 Å². The summed E-state index contributed by atoms with van der Waals surface area (Å²) >= 11 is 0. The van der Waals surface area contributed by atoms with Crippen LogP contribution in [0.5, 0.6) is 0 Å². The molecular weight excluding hydrogens is 380 g/mol. The van der Waals surface area contributed by atoms with Crippen LogP contribution in [0.2, 0.25) is 0 Å². The minimum atomic E-state index is -3.64. The number of nitrogens with one attached hydrogen (secondary N) is 1. The molecule has 0 atom stereocenters. The SMILES string of the molecule is Cc1oc(-n2cccc2)c(C#N)c1C(=O)Nc1cccc(S(=O)(=O)N(C)C)c1. The van der Waals surface area contributed by atoms with Crippen LogP contribution in [0.3, 0.4) is 0 Å². The van der Waals surface area contributed by atoms with Crippen LogP contribution in [0.15, 0.2) is 58.1 Å². The van der Waals surface area contributed by atoms with Crippen LogP contribution < -0.4 is 5.32 Å². The third-order valence-corrected chi connectivity index (χ3v) is 5.93. The summed E-state index contributed by atoms with van der Waals surface area (Å²) in [5.41, 5.74) is 0.496. The van der Waals surface area contributed by atoms with Crippen LogP contribution in [0.25, 0.3) is 5.88 Å². The van der Waals surface area contributed by atoms with Gasteiger partial charge in [-0.1, -0.05) is 6.07 Å². The van der Waals surface area contributed by atoms with Crippen molar-refractivity contribution in [2.45, 2.75) is 11.8 Å². The molecule has 9 heteroatoms. The predicted molar refractivity (Wildman–Crippen MR) is 103 cm³/mol. The van der Waals surface area contributed by atoms with Gasteiger partial charge in [0.2, 0.25) is 15.9 Å². The molecule has 0 radical (unpaired) electrons. The van der Waals surface area contributed by atoms with Crippen LogP contribution in [-0.4, -0.2) is 37.3 Å². The van der Waals surface area contributed by atoms with E-state index in [0.29, 0.717) is 5.69 Å². The van der Waals surface area contributed by atoms with E-state index < -0.39 is 15.9 Å². The van der Waals surface area contributed by atoms with Crippen molar-refractivity contribution in [1.82, 2.24) is 8.87 Å². The van der Waals surface area contributed by atoms with Crippen molar-refractivity contribution in [2.24, 2.45) is 0 Å². The first kappa shape index (κ1) is 19.4. The van der Waals surface area contributed by atoms with Crippen LogP contribution in [0, 0.1) is 18.3 Å². The Bertz CT molecular complexity index is 1170. The Balaban J connectivity index is 1.96. The van der Waals surface area contributed by atoms with Gasteiger partial charge in [-0.05, 0) is 37.3 Å². The molecule has 8 nitrogen and oxygen atoms in total. The lowest BCUT2D eigenvalue weighted by Gasteiger charge is -2.12. The molecule has 0 spiro atoms. The summed E-state index contributed by atoms with van der Waals surface area (Å²) < 4.78 is 32.9. The Morgan fingerprint density at radius 3 is 2.50 bits per heavy atom. The Kier molecular flexibility index (Phi) is 5.09. The van der Waals surface area contributed by atoms with Gasteiger partial charge in [0.05, 0.1) is 4.90 Å². The number of aryl methyl sites for hydroxylation is 1. The number of benzene rings is 1. The molecule has 0 aliphatic heterocycles. The zero-order chi connectivity index (χ0) is 20.5. The summed E-state index contributed by atoms with van der Waals surface area (Å²) in [5, 5.41) is 12.2. The fraction of sp³-hybridized carbons (Fsp3) is 0.158. The first-order valence-corrected chi connectivity index (χ1v) is 9.70. The molecule has 2 heterocycles. The van der Waals surface area contributed by atoms with E-state index >= 15 is 0 Å². The van der Waals surface area contributed by atoms with Gasteiger partial charge in [0.15, 0.2) is 0 Å². The minimum Gasteiger partial charge on any atom is -0.443 e. The number of aromatic nitrogens is 1. The van der Waals surface area contributed by atoms with Crippen LogP contribution >= 0.6 is 0 Å². The number of rotatable bonds is 5. The first-order chi connectivity index (χ1) is 13.3. The molecule has 1 N–H and O–H groups in total. The number of furan rings is 1. The van der Waals surface area contributed by atoms with Crippen molar-refractivity contribution in [3.05, 3.63) is 65.7 Å². The molecular formula is C19H18N4O4S. The average molecular weight is 398 g/mol. The molecule has 0 bridgehead atoms. The van der Waals surface area contributed by atoms with Crippen molar-refractivity contribution in [2.75, 3.05) is 19.4 Å². The maximum Gasteiger partial charge on any atom is 0.260 e. The van der Waals surface area contributed by atoms with Gasteiger partial charge < -0.3 is 9.73 Å². The number of sulfonamides is 1. The fourth-order valence-corrected chi connectivity index (χ4v) is 3.65. The van der Waals surface area contributed by atoms with Gasteiger partial charge in [0, 0.05) is 32.2 Å². The van der Waals surface area contributed by atoms with E-state index in [1.54, 1.807) is 42.1 Å². The first-order valence-electron chi connectivity index (χ1n) is 8.26. The molecule has 1 amide bonds. The van der Waals surface area contributed by atoms with Crippen molar-refractivity contribution in [1.29, 1.82) is 5.26 Å². The predicted octanol–water partition coefficient (Wildman–Crippen LogP) is 2.75. The highest BCUT2D eigenvalue weighted by atomic mass is 32.2. The highest BCUT2D eigenvalue weighted by Gasteiger charge is 2.25. The zero-order valence-corrected chi connectivity index (χ0v) is 16.3. The van der Waals surface area contributed by atoms with Gasteiger partial charge >= 0.3 is 0 Å². The largest absolute Gasteiger partial charge is 0.443 e. The van der Waals surface area contributed by atoms with Gasteiger partial charge in [-0.15, -0.1) is 0 Å². The molecule has 0 aliphatic rings. The molecule has 0 saturated carbocycles. The topological polar surface area (TPSA) is 108 Å². The molecule has 0 saturated heterocycles. The lowest BCUT2D eigenvalue weighted by Crippen LogP contribution is -2.22.